The summed E-state index contributed by atoms with van der Waals surface area (Å²) in [4.78, 5) is 4.35. The molecule has 0 atom stereocenters. The van der Waals surface area contributed by atoms with E-state index in [4.69, 9.17) is 5.73 Å². The number of nitrogens with zero attached hydrogens (tertiary/aromatic N) is 1. The fourth-order valence-electron chi connectivity index (χ4n) is 2.08. The summed E-state index contributed by atoms with van der Waals surface area (Å²) in [6.45, 7) is 4.48. The molecule has 0 unspecified atom stereocenters. The van der Waals surface area contributed by atoms with Gasteiger partial charge in [-0.2, -0.15) is 11.8 Å². The monoisotopic (exact) mass is 255 g/mol. The molecule has 1 rings (SSSR count). The topological polar surface area (TPSA) is 50.4 Å². The maximum Gasteiger partial charge on any atom is 0.188 e. The molecule has 3 N–H and O–H groups in total. The fraction of sp³-hybridized carbons (Fsp3) is 0.769. The lowest BCUT2D eigenvalue weighted by Crippen LogP contribution is -2.40. The first kappa shape index (κ1) is 14.4. The van der Waals surface area contributed by atoms with Gasteiger partial charge in [0.05, 0.1) is 6.54 Å². The molecular formula is C13H25N3S. The first-order chi connectivity index (χ1) is 8.33. The predicted octanol–water partition coefficient (Wildman–Crippen LogP) is 2.53. The van der Waals surface area contributed by atoms with Crippen LogP contribution in [0.1, 0.15) is 38.5 Å². The van der Waals surface area contributed by atoms with E-state index in [1.165, 1.54) is 38.5 Å². The Kier molecular flexibility index (Phi) is 7.97. The highest BCUT2D eigenvalue weighted by Gasteiger charge is 2.11. The Balaban J connectivity index is 2.15. The molecule has 98 valence electrons. The second-order valence-electron chi connectivity index (χ2n) is 4.46. The van der Waals surface area contributed by atoms with Crippen LogP contribution in [-0.2, 0) is 0 Å². The number of guanidine groups is 1. The Morgan fingerprint density at radius 1 is 1.35 bits per heavy atom. The molecule has 0 aromatic rings. The van der Waals surface area contributed by atoms with Gasteiger partial charge in [0, 0.05) is 17.5 Å². The van der Waals surface area contributed by atoms with Crippen molar-refractivity contribution in [2.75, 3.05) is 18.1 Å². The van der Waals surface area contributed by atoms with Crippen LogP contribution in [0.5, 0.6) is 0 Å². The van der Waals surface area contributed by atoms with Crippen molar-refractivity contribution >= 4 is 17.7 Å². The molecule has 0 aromatic carbocycles. The first-order valence-corrected chi connectivity index (χ1v) is 7.73. The van der Waals surface area contributed by atoms with E-state index in [9.17, 15) is 0 Å². The van der Waals surface area contributed by atoms with Crippen LogP contribution in [0.2, 0.25) is 0 Å². The van der Waals surface area contributed by atoms with E-state index in [2.05, 4.69) is 16.9 Å². The van der Waals surface area contributed by atoms with Crippen molar-refractivity contribution in [1.82, 2.24) is 5.32 Å². The molecule has 0 heterocycles. The summed E-state index contributed by atoms with van der Waals surface area (Å²) in [6.07, 6.45) is 9.77. The van der Waals surface area contributed by atoms with Gasteiger partial charge in [0.2, 0.25) is 0 Å². The van der Waals surface area contributed by atoms with Crippen molar-refractivity contribution in [1.29, 1.82) is 0 Å². The molecule has 17 heavy (non-hydrogen) atoms. The summed E-state index contributed by atoms with van der Waals surface area (Å²) < 4.78 is 0. The lowest BCUT2D eigenvalue weighted by atomic mass is 10.1. The quantitative estimate of drug-likeness (QED) is 0.252. The number of hydrogen-bond donors (Lipinski definition) is 2. The minimum Gasteiger partial charge on any atom is -0.370 e. The summed E-state index contributed by atoms with van der Waals surface area (Å²) in [5.74, 6) is 2.63. The van der Waals surface area contributed by atoms with Crippen LogP contribution in [0, 0.1) is 0 Å². The maximum atomic E-state index is 5.88. The van der Waals surface area contributed by atoms with E-state index in [1.54, 1.807) is 0 Å². The molecule has 0 saturated heterocycles. The van der Waals surface area contributed by atoms with Gasteiger partial charge in [-0.1, -0.05) is 31.8 Å². The van der Waals surface area contributed by atoms with Crippen molar-refractivity contribution in [3.8, 4) is 0 Å². The van der Waals surface area contributed by atoms with Gasteiger partial charge >= 0.3 is 0 Å². The normalized spacial score (nSPS) is 18.7. The smallest absolute Gasteiger partial charge is 0.188 e. The summed E-state index contributed by atoms with van der Waals surface area (Å²) in [7, 11) is 0. The number of nitrogens with two attached hydrogens (primary N) is 1. The third-order valence-electron chi connectivity index (χ3n) is 2.96. The van der Waals surface area contributed by atoms with Crippen LogP contribution in [0.25, 0.3) is 0 Å². The Morgan fingerprint density at radius 2 is 2.06 bits per heavy atom. The number of nitrogens with one attached hydrogen (secondary N) is 1. The van der Waals surface area contributed by atoms with Crippen LogP contribution in [-0.4, -0.2) is 30.1 Å². The van der Waals surface area contributed by atoms with E-state index < -0.39 is 0 Å². The van der Waals surface area contributed by atoms with Gasteiger partial charge < -0.3 is 11.1 Å². The number of thioether (sulfide) groups is 1. The van der Waals surface area contributed by atoms with Crippen molar-refractivity contribution in [2.24, 2.45) is 10.7 Å². The molecule has 0 spiro atoms. The Hall–Kier alpha value is -0.640. The third-order valence-corrected chi connectivity index (χ3v) is 3.90. The number of hydrogen-bond acceptors (Lipinski definition) is 2. The Morgan fingerprint density at radius 3 is 2.71 bits per heavy atom. The molecule has 0 amide bonds. The maximum absolute atomic E-state index is 5.88. The molecule has 0 aliphatic heterocycles. The summed E-state index contributed by atoms with van der Waals surface area (Å²) in [5.41, 5.74) is 5.88. The molecule has 1 fully saturated rings. The average molecular weight is 255 g/mol. The first-order valence-electron chi connectivity index (χ1n) is 6.58. The van der Waals surface area contributed by atoms with E-state index in [-0.39, 0.29) is 0 Å². The zero-order valence-corrected chi connectivity index (χ0v) is 11.5. The van der Waals surface area contributed by atoms with Gasteiger partial charge in [0.1, 0.15) is 0 Å². The van der Waals surface area contributed by atoms with Crippen LogP contribution >= 0.6 is 11.8 Å². The van der Waals surface area contributed by atoms with Gasteiger partial charge in [-0.15, -0.1) is 6.58 Å². The number of aliphatic imine (C=N–C) groups is 1. The zero-order chi connectivity index (χ0) is 12.3. The summed E-state index contributed by atoms with van der Waals surface area (Å²) in [6, 6.07) is 0.544. The van der Waals surface area contributed by atoms with E-state index in [0.717, 1.165) is 18.1 Å². The largest absolute Gasteiger partial charge is 0.370 e. The molecule has 1 aliphatic carbocycles. The second kappa shape index (κ2) is 9.40. The molecular weight excluding hydrogens is 230 g/mol. The minimum absolute atomic E-state index is 0.544. The molecule has 0 radical (unpaired) electrons. The molecule has 4 heteroatoms. The lowest BCUT2D eigenvalue weighted by molar-refractivity contribution is 0.530. The molecule has 0 aromatic heterocycles. The Bertz CT molecular complexity index is 233. The highest BCUT2D eigenvalue weighted by molar-refractivity contribution is 7.99. The van der Waals surface area contributed by atoms with Crippen molar-refractivity contribution in [2.45, 2.75) is 44.6 Å². The minimum atomic E-state index is 0.544. The van der Waals surface area contributed by atoms with E-state index in [1.807, 2.05) is 17.8 Å². The lowest BCUT2D eigenvalue weighted by Gasteiger charge is -2.16. The van der Waals surface area contributed by atoms with Crippen LogP contribution in [0.15, 0.2) is 17.6 Å². The SMILES string of the molecule is C=CCSCCN=C(N)NC1CCCCCC1. The van der Waals surface area contributed by atoms with Gasteiger partial charge in [-0.25, -0.2) is 0 Å². The zero-order valence-electron chi connectivity index (χ0n) is 10.7. The van der Waals surface area contributed by atoms with Crippen LogP contribution in [0.4, 0.5) is 0 Å². The highest BCUT2D eigenvalue weighted by atomic mass is 32.2. The van der Waals surface area contributed by atoms with Crippen LogP contribution in [0.3, 0.4) is 0 Å². The molecule has 3 nitrogen and oxygen atoms in total. The summed E-state index contributed by atoms with van der Waals surface area (Å²) in [5, 5.41) is 3.35. The van der Waals surface area contributed by atoms with Crippen LogP contribution < -0.4 is 11.1 Å². The Labute approximate surface area is 109 Å². The van der Waals surface area contributed by atoms with E-state index in [0.29, 0.717) is 12.0 Å². The molecule has 1 saturated carbocycles. The third kappa shape index (κ3) is 7.31. The van der Waals surface area contributed by atoms with Gasteiger partial charge in [-0.05, 0) is 12.8 Å². The van der Waals surface area contributed by atoms with Crippen molar-refractivity contribution in [3.63, 3.8) is 0 Å². The highest BCUT2D eigenvalue weighted by Crippen LogP contribution is 2.16. The summed E-state index contributed by atoms with van der Waals surface area (Å²) >= 11 is 1.84. The van der Waals surface area contributed by atoms with Gasteiger partial charge in [0.25, 0.3) is 0 Å². The standard InChI is InChI=1S/C13H25N3S/c1-2-10-17-11-9-15-13(14)16-12-7-5-3-4-6-8-12/h2,12H,1,3-11H2,(H3,14,15,16). The fourth-order valence-corrected chi connectivity index (χ4v) is 2.63. The molecule has 0 bridgehead atoms. The number of rotatable bonds is 6. The second-order valence-corrected chi connectivity index (χ2v) is 5.61. The van der Waals surface area contributed by atoms with Crippen molar-refractivity contribution in [3.05, 3.63) is 12.7 Å². The van der Waals surface area contributed by atoms with Gasteiger partial charge in [-0.3, -0.25) is 4.99 Å². The predicted molar refractivity (Wildman–Crippen MR) is 78.6 cm³/mol. The average Bonchev–Trinajstić information content (AvgIpc) is 2.57. The van der Waals surface area contributed by atoms with Gasteiger partial charge in [0.15, 0.2) is 5.96 Å². The van der Waals surface area contributed by atoms with E-state index >= 15 is 0 Å². The molecule has 1 aliphatic rings. The van der Waals surface area contributed by atoms with Crippen molar-refractivity contribution < 1.29 is 0 Å².